The lowest BCUT2D eigenvalue weighted by Gasteiger charge is -2.09. The molecule has 3 heteroatoms. The van der Waals surface area contributed by atoms with E-state index in [4.69, 9.17) is 4.74 Å². The van der Waals surface area contributed by atoms with Crippen LogP contribution in [0.25, 0.3) is 22.0 Å². The van der Waals surface area contributed by atoms with Gasteiger partial charge < -0.3 is 10.1 Å². The number of anilines is 1. The standard InChI is InChI=1S/C17H16N2O/c1-18-14-5-3-4-13(10-14)17-16-7-6-15(20-2)11-12(16)8-9-19-17/h3-11,18H,1-2H3. The van der Waals surface area contributed by atoms with Gasteiger partial charge in [-0.3, -0.25) is 4.98 Å². The van der Waals surface area contributed by atoms with Crippen LogP contribution in [0.2, 0.25) is 0 Å². The molecule has 1 N–H and O–H groups in total. The minimum absolute atomic E-state index is 0.860. The predicted molar refractivity (Wildman–Crippen MR) is 83.3 cm³/mol. The Morgan fingerprint density at radius 1 is 1.05 bits per heavy atom. The first-order valence-corrected chi connectivity index (χ1v) is 6.53. The largest absolute Gasteiger partial charge is 0.497 e. The highest BCUT2D eigenvalue weighted by Gasteiger charge is 2.06. The van der Waals surface area contributed by atoms with Gasteiger partial charge in [0.05, 0.1) is 12.8 Å². The monoisotopic (exact) mass is 264 g/mol. The molecule has 0 atom stereocenters. The smallest absolute Gasteiger partial charge is 0.119 e. The zero-order chi connectivity index (χ0) is 13.9. The van der Waals surface area contributed by atoms with Crippen LogP contribution in [0, 0.1) is 0 Å². The van der Waals surface area contributed by atoms with Crippen molar-refractivity contribution in [3.05, 3.63) is 54.7 Å². The number of nitrogens with zero attached hydrogens (tertiary/aromatic N) is 1. The van der Waals surface area contributed by atoms with Gasteiger partial charge in [-0.25, -0.2) is 0 Å². The van der Waals surface area contributed by atoms with Crippen LogP contribution in [0.5, 0.6) is 5.75 Å². The number of hydrogen-bond donors (Lipinski definition) is 1. The molecule has 0 aliphatic rings. The summed E-state index contributed by atoms with van der Waals surface area (Å²) < 4.78 is 5.27. The second-order valence-corrected chi connectivity index (χ2v) is 4.58. The summed E-state index contributed by atoms with van der Waals surface area (Å²) in [7, 11) is 3.60. The number of pyridine rings is 1. The third-order valence-electron chi connectivity index (χ3n) is 3.40. The van der Waals surface area contributed by atoms with Crippen molar-refractivity contribution in [1.29, 1.82) is 0 Å². The van der Waals surface area contributed by atoms with Gasteiger partial charge in [0.1, 0.15) is 5.75 Å². The fourth-order valence-corrected chi connectivity index (χ4v) is 2.34. The number of ether oxygens (including phenoxy) is 1. The molecule has 0 amide bonds. The van der Waals surface area contributed by atoms with Crippen molar-refractivity contribution >= 4 is 16.5 Å². The predicted octanol–water partition coefficient (Wildman–Crippen LogP) is 3.95. The van der Waals surface area contributed by atoms with Crippen LogP contribution in [-0.4, -0.2) is 19.1 Å². The number of hydrogen-bond acceptors (Lipinski definition) is 3. The van der Waals surface area contributed by atoms with Gasteiger partial charge in [0.15, 0.2) is 0 Å². The Balaban J connectivity index is 2.20. The van der Waals surface area contributed by atoms with Crippen LogP contribution in [0.1, 0.15) is 0 Å². The van der Waals surface area contributed by atoms with Gasteiger partial charge in [0.2, 0.25) is 0 Å². The highest BCUT2D eigenvalue weighted by atomic mass is 16.5. The lowest BCUT2D eigenvalue weighted by atomic mass is 10.0. The summed E-state index contributed by atoms with van der Waals surface area (Å²) in [6, 6.07) is 16.3. The topological polar surface area (TPSA) is 34.2 Å². The lowest BCUT2D eigenvalue weighted by molar-refractivity contribution is 0.415. The lowest BCUT2D eigenvalue weighted by Crippen LogP contribution is -1.90. The summed E-state index contributed by atoms with van der Waals surface area (Å²) in [5.41, 5.74) is 3.17. The van der Waals surface area contributed by atoms with Crippen LogP contribution in [0.4, 0.5) is 5.69 Å². The molecule has 100 valence electrons. The quantitative estimate of drug-likeness (QED) is 0.777. The molecule has 0 unspecified atom stereocenters. The van der Waals surface area contributed by atoms with Gasteiger partial charge in [-0.2, -0.15) is 0 Å². The highest BCUT2D eigenvalue weighted by molar-refractivity contribution is 5.95. The molecule has 1 aromatic heterocycles. The highest BCUT2D eigenvalue weighted by Crippen LogP contribution is 2.30. The van der Waals surface area contributed by atoms with E-state index in [-0.39, 0.29) is 0 Å². The number of aromatic nitrogens is 1. The van der Waals surface area contributed by atoms with Crippen LogP contribution in [-0.2, 0) is 0 Å². The van der Waals surface area contributed by atoms with E-state index in [1.54, 1.807) is 7.11 Å². The zero-order valence-corrected chi connectivity index (χ0v) is 11.6. The second-order valence-electron chi connectivity index (χ2n) is 4.58. The Morgan fingerprint density at radius 2 is 1.95 bits per heavy atom. The molecule has 0 aliphatic carbocycles. The Bertz CT molecular complexity index is 753. The molecule has 0 bridgehead atoms. The molecule has 0 spiro atoms. The minimum Gasteiger partial charge on any atom is -0.497 e. The molecular formula is C17H16N2O. The first-order chi connectivity index (χ1) is 9.81. The fraction of sp³-hybridized carbons (Fsp3) is 0.118. The average molecular weight is 264 g/mol. The molecule has 3 rings (SSSR count). The third-order valence-corrected chi connectivity index (χ3v) is 3.40. The molecule has 0 radical (unpaired) electrons. The maximum Gasteiger partial charge on any atom is 0.119 e. The van der Waals surface area contributed by atoms with Crippen molar-refractivity contribution in [3.8, 4) is 17.0 Å². The van der Waals surface area contributed by atoms with Gasteiger partial charge in [-0.05, 0) is 41.8 Å². The van der Waals surface area contributed by atoms with Gasteiger partial charge in [0, 0.05) is 29.9 Å². The van der Waals surface area contributed by atoms with Crippen molar-refractivity contribution < 1.29 is 4.74 Å². The second kappa shape index (κ2) is 5.21. The molecule has 0 saturated heterocycles. The summed E-state index contributed by atoms with van der Waals surface area (Å²) in [4.78, 5) is 4.54. The SMILES string of the molecule is CNc1cccc(-c2nccc3cc(OC)ccc23)c1. The summed E-state index contributed by atoms with van der Waals surface area (Å²) >= 11 is 0. The number of benzene rings is 2. The van der Waals surface area contributed by atoms with E-state index in [9.17, 15) is 0 Å². The zero-order valence-electron chi connectivity index (χ0n) is 11.6. The maximum atomic E-state index is 5.27. The Labute approximate surface area is 118 Å². The van der Waals surface area contributed by atoms with E-state index >= 15 is 0 Å². The van der Waals surface area contributed by atoms with E-state index < -0.39 is 0 Å². The Morgan fingerprint density at radius 3 is 2.75 bits per heavy atom. The molecular weight excluding hydrogens is 248 g/mol. The van der Waals surface area contributed by atoms with Crippen molar-refractivity contribution in [3.63, 3.8) is 0 Å². The van der Waals surface area contributed by atoms with E-state index in [2.05, 4.69) is 28.5 Å². The first-order valence-electron chi connectivity index (χ1n) is 6.53. The van der Waals surface area contributed by atoms with Crippen LogP contribution < -0.4 is 10.1 Å². The van der Waals surface area contributed by atoms with E-state index in [0.717, 1.165) is 33.5 Å². The third kappa shape index (κ3) is 2.18. The molecule has 3 aromatic rings. The number of nitrogens with one attached hydrogen (secondary N) is 1. The van der Waals surface area contributed by atoms with Crippen LogP contribution in [0.15, 0.2) is 54.7 Å². The summed E-state index contributed by atoms with van der Waals surface area (Å²) in [6.07, 6.45) is 1.84. The number of methoxy groups -OCH3 is 1. The van der Waals surface area contributed by atoms with Crippen LogP contribution in [0.3, 0.4) is 0 Å². The molecule has 0 aliphatic heterocycles. The van der Waals surface area contributed by atoms with Gasteiger partial charge >= 0.3 is 0 Å². The molecule has 1 heterocycles. The van der Waals surface area contributed by atoms with Gasteiger partial charge in [-0.15, -0.1) is 0 Å². The van der Waals surface area contributed by atoms with E-state index in [1.807, 2.05) is 43.6 Å². The van der Waals surface area contributed by atoms with E-state index in [1.165, 1.54) is 0 Å². The Hall–Kier alpha value is -2.55. The van der Waals surface area contributed by atoms with Crippen molar-refractivity contribution in [1.82, 2.24) is 4.98 Å². The van der Waals surface area contributed by atoms with E-state index in [0.29, 0.717) is 0 Å². The van der Waals surface area contributed by atoms with Gasteiger partial charge in [0.25, 0.3) is 0 Å². The number of rotatable bonds is 3. The maximum absolute atomic E-state index is 5.27. The Kier molecular flexibility index (Phi) is 3.25. The van der Waals surface area contributed by atoms with Crippen molar-refractivity contribution in [2.75, 3.05) is 19.5 Å². The molecule has 0 fully saturated rings. The van der Waals surface area contributed by atoms with Crippen molar-refractivity contribution in [2.24, 2.45) is 0 Å². The molecule has 2 aromatic carbocycles. The summed E-state index contributed by atoms with van der Waals surface area (Å²) in [5, 5.41) is 5.41. The van der Waals surface area contributed by atoms with Gasteiger partial charge in [-0.1, -0.05) is 12.1 Å². The molecule has 0 saturated carbocycles. The molecule has 3 nitrogen and oxygen atoms in total. The first kappa shape index (κ1) is 12.5. The average Bonchev–Trinajstić information content (AvgIpc) is 2.53. The normalized spacial score (nSPS) is 10.5. The summed E-state index contributed by atoms with van der Waals surface area (Å²) in [6.45, 7) is 0. The van der Waals surface area contributed by atoms with Crippen LogP contribution >= 0.6 is 0 Å². The van der Waals surface area contributed by atoms with Crippen molar-refractivity contribution in [2.45, 2.75) is 0 Å². The molecule has 20 heavy (non-hydrogen) atoms. The minimum atomic E-state index is 0.860. The summed E-state index contributed by atoms with van der Waals surface area (Å²) in [5.74, 6) is 0.860. The number of fused-ring (bicyclic) bond motifs is 1. The fourth-order valence-electron chi connectivity index (χ4n) is 2.34.